The second kappa shape index (κ2) is 7.91. The van der Waals surface area contributed by atoms with Gasteiger partial charge in [-0.05, 0) is 50.1 Å². The molecule has 1 N–H and O–H groups in total. The van der Waals surface area contributed by atoms with Crippen molar-refractivity contribution in [3.63, 3.8) is 0 Å². The number of carbonyl (C=O) groups is 1. The Balaban J connectivity index is 1.63. The van der Waals surface area contributed by atoms with Crippen molar-refractivity contribution in [1.29, 1.82) is 0 Å². The third kappa shape index (κ3) is 4.15. The first-order valence-corrected chi connectivity index (χ1v) is 11.2. The molecule has 1 aliphatic rings. The molecule has 0 aliphatic heterocycles. The van der Waals surface area contributed by atoms with E-state index >= 15 is 0 Å². The fourth-order valence-electron chi connectivity index (χ4n) is 3.80. The van der Waals surface area contributed by atoms with E-state index < -0.39 is 10.1 Å². The van der Waals surface area contributed by atoms with Gasteiger partial charge in [-0.2, -0.15) is 8.42 Å². The zero-order valence-electron chi connectivity index (χ0n) is 16.2. The fraction of sp³-hybridized carbons (Fsp3) is 0.318. The van der Waals surface area contributed by atoms with Crippen molar-refractivity contribution in [1.82, 2.24) is 5.32 Å². The van der Waals surface area contributed by atoms with E-state index in [4.69, 9.17) is 8.60 Å². The average molecular weight is 413 g/mol. The SMILES string of the molecule is Cc1oc2ccc(OS(=O)(=O)c3ccccc3)cc2c1C(=O)NC1CCCCC1. The monoisotopic (exact) mass is 413 g/mol. The number of fused-ring (bicyclic) bond motifs is 1. The van der Waals surface area contributed by atoms with Crippen molar-refractivity contribution in [2.45, 2.75) is 50.0 Å². The Kier molecular flexibility index (Phi) is 5.32. The summed E-state index contributed by atoms with van der Waals surface area (Å²) in [6.07, 6.45) is 5.39. The molecule has 152 valence electrons. The molecule has 2 aromatic carbocycles. The van der Waals surface area contributed by atoms with E-state index in [9.17, 15) is 13.2 Å². The van der Waals surface area contributed by atoms with Crippen LogP contribution in [0.5, 0.6) is 5.75 Å². The van der Waals surface area contributed by atoms with Crippen LogP contribution < -0.4 is 9.50 Å². The number of nitrogens with one attached hydrogen (secondary N) is 1. The molecule has 29 heavy (non-hydrogen) atoms. The lowest BCUT2D eigenvalue weighted by atomic mass is 9.95. The number of hydrogen-bond acceptors (Lipinski definition) is 5. The minimum absolute atomic E-state index is 0.0683. The number of benzene rings is 2. The third-order valence-corrected chi connectivity index (χ3v) is 6.50. The van der Waals surface area contributed by atoms with E-state index in [1.807, 2.05) is 0 Å². The topological polar surface area (TPSA) is 85.6 Å². The summed E-state index contributed by atoms with van der Waals surface area (Å²) >= 11 is 0. The highest BCUT2D eigenvalue weighted by atomic mass is 32.2. The van der Waals surface area contributed by atoms with Crippen molar-refractivity contribution < 1.29 is 21.8 Å². The number of furan rings is 1. The fourth-order valence-corrected chi connectivity index (χ4v) is 4.74. The second-order valence-corrected chi connectivity index (χ2v) is 8.90. The van der Waals surface area contributed by atoms with Crippen LogP contribution in [0.25, 0.3) is 11.0 Å². The van der Waals surface area contributed by atoms with Gasteiger partial charge in [0.1, 0.15) is 22.0 Å². The van der Waals surface area contributed by atoms with Gasteiger partial charge in [-0.1, -0.05) is 37.5 Å². The van der Waals surface area contributed by atoms with Crippen LogP contribution in [0, 0.1) is 6.92 Å². The first kappa shape index (κ1) is 19.5. The Labute approximate surface area is 170 Å². The molecule has 1 amide bonds. The molecule has 0 atom stereocenters. The summed E-state index contributed by atoms with van der Waals surface area (Å²) in [5.74, 6) is 0.432. The zero-order chi connectivity index (χ0) is 20.4. The lowest BCUT2D eigenvalue weighted by Gasteiger charge is -2.22. The Morgan fingerprint density at radius 2 is 1.79 bits per heavy atom. The van der Waals surface area contributed by atoms with Gasteiger partial charge in [0.05, 0.1) is 5.56 Å². The minimum atomic E-state index is -3.96. The normalized spacial score (nSPS) is 15.3. The van der Waals surface area contributed by atoms with Gasteiger partial charge in [-0.15, -0.1) is 0 Å². The van der Waals surface area contributed by atoms with E-state index in [0.29, 0.717) is 22.3 Å². The molecule has 1 heterocycles. The van der Waals surface area contributed by atoms with Gasteiger partial charge in [0.15, 0.2) is 0 Å². The van der Waals surface area contributed by atoms with Crippen molar-refractivity contribution in [3.05, 3.63) is 59.9 Å². The van der Waals surface area contributed by atoms with Crippen LogP contribution in [0.15, 0.2) is 57.8 Å². The third-order valence-electron chi connectivity index (χ3n) is 5.24. The van der Waals surface area contributed by atoms with Crippen molar-refractivity contribution >= 4 is 27.0 Å². The molecule has 0 bridgehead atoms. The van der Waals surface area contributed by atoms with Gasteiger partial charge >= 0.3 is 10.1 Å². The standard InChI is InChI=1S/C22H23NO5S/c1-15-21(22(24)23-16-8-4-2-5-9-16)19-14-17(12-13-20(19)27-15)28-29(25,26)18-10-6-3-7-11-18/h3,6-7,10-14,16H,2,4-5,8-9H2,1H3,(H,23,24). The molecule has 0 saturated heterocycles. The predicted octanol–water partition coefficient (Wildman–Crippen LogP) is 4.57. The maximum absolute atomic E-state index is 12.9. The summed E-state index contributed by atoms with van der Waals surface area (Å²) in [5.41, 5.74) is 0.939. The van der Waals surface area contributed by atoms with Crippen molar-refractivity contribution in [2.75, 3.05) is 0 Å². The van der Waals surface area contributed by atoms with Gasteiger partial charge < -0.3 is 13.9 Å². The van der Waals surface area contributed by atoms with E-state index in [1.165, 1.54) is 24.6 Å². The Morgan fingerprint density at radius 1 is 1.07 bits per heavy atom. The van der Waals surface area contributed by atoms with E-state index in [1.54, 1.807) is 37.3 Å². The van der Waals surface area contributed by atoms with E-state index in [0.717, 1.165) is 25.7 Å². The van der Waals surface area contributed by atoms with E-state index in [2.05, 4.69) is 5.32 Å². The first-order chi connectivity index (χ1) is 13.9. The summed E-state index contributed by atoms with van der Waals surface area (Å²) in [5, 5.41) is 3.63. The second-order valence-electron chi connectivity index (χ2n) is 7.35. The number of carbonyl (C=O) groups excluding carboxylic acids is 1. The molecule has 0 radical (unpaired) electrons. The van der Waals surface area contributed by atoms with Gasteiger partial charge in [-0.25, -0.2) is 0 Å². The van der Waals surface area contributed by atoms with Gasteiger partial charge in [0.25, 0.3) is 5.91 Å². The summed E-state index contributed by atoms with van der Waals surface area (Å²) in [7, 11) is -3.96. The lowest BCUT2D eigenvalue weighted by molar-refractivity contribution is 0.0927. The quantitative estimate of drug-likeness (QED) is 0.619. The van der Waals surface area contributed by atoms with Gasteiger partial charge in [0, 0.05) is 11.4 Å². The number of hydrogen-bond donors (Lipinski definition) is 1. The van der Waals surface area contributed by atoms with Crippen LogP contribution in [-0.2, 0) is 10.1 Å². The Bertz CT molecular complexity index is 1130. The zero-order valence-corrected chi connectivity index (χ0v) is 17.0. The summed E-state index contributed by atoms with van der Waals surface area (Å²) in [4.78, 5) is 13.0. The highest BCUT2D eigenvalue weighted by Crippen LogP contribution is 2.31. The molecule has 1 aliphatic carbocycles. The van der Waals surface area contributed by atoms with Crippen molar-refractivity contribution in [3.8, 4) is 5.75 Å². The number of amides is 1. The number of rotatable bonds is 5. The molecule has 1 fully saturated rings. The molecule has 0 unspecified atom stereocenters. The summed E-state index contributed by atoms with van der Waals surface area (Å²) in [6, 6.07) is 12.8. The molecule has 0 spiro atoms. The molecule has 3 aromatic rings. The highest BCUT2D eigenvalue weighted by Gasteiger charge is 2.23. The van der Waals surface area contributed by atoms with Crippen LogP contribution >= 0.6 is 0 Å². The Morgan fingerprint density at radius 3 is 2.52 bits per heavy atom. The Hall–Kier alpha value is -2.80. The average Bonchev–Trinajstić information content (AvgIpc) is 3.04. The molecule has 1 saturated carbocycles. The van der Waals surface area contributed by atoms with Crippen LogP contribution in [-0.4, -0.2) is 20.4 Å². The largest absolute Gasteiger partial charge is 0.461 e. The molecule has 1 aromatic heterocycles. The molecule has 7 heteroatoms. The van der Waals surface area contributed by atoms with Crippen LogP contribution in [0.3, 0.4) is 0 Å². The molecule has 4 rings (SSSR count). The maximum Gasteiger partial charge on any atom is 0.339 e. The maximum atomic E-state index is 12.9. The predicted molar refractivity (Wildman–Crippen MR) is 110 cm³/mol. The lowest BCUT2D eigenvalue weighted by Crippen LogP contribution is -2.36. The summed E-state index contributed by atoms with van der Waals surface area (Å²) < 4.78 is 36.0. The highest BCUT2D eigenvalue weighted by molar-refractivity contribution is 7.87. The van der Waals surface area contributed by atoms with Crippen LogP contribution in [0.1, 0.15) is 48.2 Å². The van der Waals surface area contributed by atoms with E-state index in [-0.39, 0.29) is 22.6 Å². The van der Waals surface area contributed by atoms with Crippen molar-refractivity contribution in [2.24, 2.45) is 0 Å². The smallest absolute Gasteiger partial charge is 0.339 e. The first-order valence-electron chi connectivity index (χ1n) is 9.77. The molecular weight excluding hydrogens is 390 g/mol. The molecule has 6 nitrogen and oxygen atoms in total. The van der Waals surface area contributed by atoms with Gasteiger partial charge in [-0.3, -0.25) is 4.79 Å². The van der Waals surface area contributed by atoms with Gasteiger partial charge in [0.2, 0.25) is 0 Å². The van der Waals surface area contributed by atoms with Crippen LogP contribution in [0.2, 0.25) is 0 Å². The summed E-state index contributed by atoms with van der Waals surface area (Å²) in [6.45, 7) is 1.73. The molecular formula is C22H23NO5S. The number of aryl methyl sites for hydroxylation is 1. The minimum Gasteiger partial charge on any atom is -0.461 e. The van der Waals surface area contributed by atoms with Crippen LogP contribution in [0.4, 0.5) is 0 Å².